The molecule has 2 nitrogen and oxygen atoms in total. The molecule has 0 aliphatic rings. The van der Waals surface area contributed by atoms with Crippen LogP contribution in [0, 0.1) is 5.92 Å². The average molecular weight is 268 g/mol. The van der Waals surface area contributed by atoms with Crippen LogP contribution in [0.25, 0.3) is 0 Å². The van der Waals surface area contributed by atoms with Crippen LogP contribution in [0.3, 0.4) is 0 Å². The third kappa shape index (κ3) is 3.08. The van der Waals surface area contributed by atoms with Gasteiger partial charge in [-0.25, -0.2) is 0 Å². The van der Waals surface area contributed by atoms with E-state index in [1.165, 1.54) is 0 Å². The smallest absolute Gasteiger partial charge is 0.147 e. The molecule has 0 saturated carbocycles. The molecule has 104 valence electrons. The number of benzene rings is 2. The lowest BCUT2D eigenvalue weighted by Gasteiger charge is -2.19. The van der Waals surface area contributed by atoms with Crippen molar-refractivity contribution in [2.45, 2.75) is 19.8 Å². The Hall–Kier alpha value is -2.09. The number of Topliss-reactive ketones (excluding diaryl/α,β-unsaturated/α-hetero) is 1. The highest BCUT2D eigenvalue weighted by Gasteiger charge is 2.24. The second kappa shape index (κ2) is 6.38. The number of methoxy groups -OCH3 is 1. The van der Waals surface area contributed by atoms with E-state index in [-0.39, 0.29) is 17.6 Å². The maximum Gasteiger partial charge on any atom is 0.147 e. The van der Waals surface area contributed by atoms with E-state index >= 15 is 0 Å². The van der Waals surface area contributed by atoms with E-state index in [9.17, 15) is 4.79 Å². The largest absolute Gasteiger partial charge is 0.497 e. The van der Waals surface area contributed by atoms with Crippen molar-refractivity contribution in [1.82, 2.24) is 0 Å². The summed E-state index contributed by atoms with van der Waals surface area (Å²) >= 11 is 0. The van der Waals surface area contributed by atoms with Gasteiger partial charge in [0.15, 0.2) is 0 Å². The van der Waals surface area contributed by atoms with E-state index in [2.05, 4.69) is 0 Å². The number of rotatable bonds is 5. The zero-order chi connectivity index (χ0) is 14.5. The number of ketones is 1. The summed E-state index contributed by atoms with van der Waals surface area (Å²) in [5.74, 6) is 0.766. The summed E-state index contributed by atoms with van der Waals surface area (Å²) in [5, 5.41) is 0. The summed E-state index contributed by atoms with van der Waals surface area (Å²) < 4.78 is 5.27. The maximum absolute atomic E-state index is 12.6. The Morgan fingerprint density at radius 1 is 0.950 bits per heavy atom. The van der Waals surface area contributed by atoms with Gasteiger partial charge in [-0.2, -0.15) is 0 Å². The first-order valence-electron chi connectivity index (χ1n) is 6.86. The van der Waals surface area contributed by atoms with Gasteiger partial charge >= 0.3 is 0 Å². The average Bonchev–Trinajstić information content (AvgIpc) is 2.48. The number of carbonyl (C=O) groups is 1. The highest BCUT2D eigenvalue weighted by molar-refractivity contribution is 5.90. The van der Waals surface area contributed by atoms with E-state index < -0.39 is 0 Å². The molecule has 2 aromatic carbocycles. The quantitative estimate of drug-likeness (QED) is 0.817. The van der Waals surface area contributed by atoms with Crippen molar-refractivity contribution in [3.63, 3.8) is 0 Å². The van der Waals surface area contributed by atoms with Gasteiger partial charge in [0, 0.05) is 5.92 Å². The minimum Gasteiger partial charge on any atom is -0.497 e. The third-order valence-electron chi connectivity index (χ3n) is 3.41. The molecule has 0 spiro atoms. The first-order valence-corrected chi connectivity index (χ1v) is 6.86. The van der Waals surface area contributed by atoms with Gasteiger partial charge in [0.05, 0.1) is 13.0 Å². The molecule has 1 unspecified atom stereocenters. The minimum absolute atomic E-state index is 0.00796. The van der Waals surface area contributed by atoms with Crippen LogP contribution in [-0.2, 0) is 4.79 Å². The highest BCUT2D eigenvalue weighted by Crippen LogP contribution is 2.30. The Morgan fingerprint density at radius 2 is 1.60 bits per heavy atom. The molecule has 1 atom stereocenters. The molecule has 0 aliphatic carbocycles. The fourth-order valence-corrected chi connectivity index (χ4v) is 2.32. The van der Waals surface area contributed by atoms with Gasteiger partial charge in [-0.1, -0.05) is 56.3 Å². The Labute approximate surface area is 120 Å². The van der Waals surface area contributed by atoms with Crippen LogP contribution in [0.1, 0.15) is 30.9 Å². The molecule has 0 aromatic heterocycles. The molecule has 2 aromatic rings. The van der Waals surface area contributed by atoms with Gasteiger partial charge < -0.3 is 4.74 Å². The summed E-state index contributed by atoms with van der Waals surface area (Å²) in [6.45, 7) is 3.89. The molecule has 0 radical (unpaired) electrons. The van der Waals surface area contributed by atoms with E-state index in [4.69, 9.17) is 4.74 Å². The SMILES string of the molecule is COc1cccc(C(C(=O)C(C)C)c2ccccc2)c1. The van der Waals surface area contributed by atoms with Crippen molar-refractivity contribution in [2.75, 3.05) is 7.11 Å². The molecular weight excluding hydrogens is 248 g/mol. The number of hydrogen-bond acceptors (Lipinski definition) is 2. The van der Waals surface area contributed by atoms with Gasteiger partial charge in [-0.3, -0.25) is 4.79 Å². The predicted octanol–water partition coefficient (Wildman–Crippen LogP) is 4.05. The summed E-state index contributed by atoms with van der Waals surface area (Å²) in [6, 6.07) is 17.7. The molecule has 0 amide bonds. The Kier molecular flexibility index (Phi) is 4.57. The lowest BCUT2D eigenvalue weighted by Crippen LogP contribution is -2.19. The molecule has 0 saturated heterocycles. The minimum atomic E-state index is -0.230. The first kappa shape index (κ1) is 14.3. The second-order valence-corrected chi connectivity index (χ2v) is 5.18. The molecular formula is C18H20O2. The van der Waals surface area contributed by atoms with E-state index in [1.807, 2.05) is 68.4 Å². The van der Waals surface area contributed by atoms with Crippen molar-refractivity contribution < 1.29 is 9.53 Å². The van der Waals surface area contributed by atoms with Crippen LogP contribution in [0.5, 0.6) is 5.75 Å². The Balaban J connectivity index is 2.48. The lowest BCUT2D eigenvalue weighted by molar-refractivity contribution is -0.122. The summed E-state index contributed by atoms with van der Waals surface area (Å²) in [6.07, 6.45) is 0. The lowest BCUT2D eigenvalue weighted by atomic mass is 9.83. The monoisotopic (exact) mass is 268 g/mol. The topological polar surface area (TPSA) is 26.3 Å². The van der Waals surface area contributed by atoms with Crippen LogP contribution in [-0.4, -0.2) is 12.9 Å². The summed E-state index contributed by atoms with van der Waals surface area (Å²) in [4.78, 5) is 12.6. The second-order valence-electron chi connectivity index (χ2n) is 5.18. The van der Waals surface area contributed by atoms with Crippen molar-refractivity contribution in [1.29, 1.82) is 0 Å². The van der Waals surface area contributed by atoms with Gasteiger partial charge in [-0.05, 0) is 23.3 Å². The zero-order valence-corrected chi connectivity index (χ0v) is 12.2. The molecule has 2 heteroatoms. The first-order chi connectivity index (χ1) is 9.63. The Morgan fingerprint density at radius 3 is 2.20 bits per heavy atom. The van der Waals surface area contributed by atoms with E-state index in [1.54, 1.807) is 7.11 Å². The van der Waals surface area contributed by atoms with Crippen molar-refractivity contribution in [2.24, 2.45) is 5.92 Å². The molecule has 0 fully saturated rings. The normalized spacial score (nSPS) is 12.2. The molecule has 20 heavy (non-hydrogen) atoms. The third-order valence-corrected chi connectivity index (χ3v) is 3.41. The van der Waals surface area contributed by atoms with Crippen LogP contribution >= 0.6 is 0 Å². The Bertz CT molecular complexity index is 573. The fourth-order valence-electron chi connectivity index (χ4n) is 2.32. The maximum atomic E-state index is 12.6. The van der Waals surface area contributed by atoms with Crippen molar-refractivity contribution in [3.05, 3.63) is 65.7 Å². The molecule has 2 rings (SSSR count). The number of ether oxygens (including phenoxy) is 1. The van der Waals surface area contributed by atoms with Gasteiger partial charge in [0.1, 0.15) is 11.5 Å². The van der Waals surface area contributed by atoms with E-state index in [0.29, 0.717) is 0 Å². The summed E-state index contributed by atoms with van der Waals surface area (Å²) in [7, 11) is 1.64. The van der Waals surface area contributed by atoms with Crippen LogP contribution in [0.15, 0.2) is 54.6 Å². The molecule has 0 bridgehead atoms. The van der Waals surface area contributed by atoms with Crippen molar-refractivity contribution in [3.8, 4) is 5.75 Å². The van der Waals surface area contributed by atoms with Crippen molar-refractivity contribution >= 4 is 5.78 Å². The van der Waals surface area contributed by atoms with E-state index in [0.717, 1.165) is 16.9 Å². The predicted molar refractivity (Wildman–Crippen MR) is 81.1 cm³/mol. The molecule has 0 aliphatic heterocycles. The molecule has 0 N–H and O–H groups in total. The molecule has 0 heterocycles. The highest BCUT2D eigenvalue weighted by atomic mass is 16.5. The van der Waals surface area contributed by atoms with Gasteiger partial charge in [-0.15, -0.1) is 0 Å². The summed E-state index contributed by atoms with van der Waals surface area (Å²) in [5.41, 5.74) is 2.01. The standard InChI is InChI=1S/C18H20O2/c1-13(2)18(19)17(14-8-5-4-6-9-14)15-10-7-11-16(12-15)20-3/h4-13,17H,1-3H3. The van der Waals surface area contributed by atoms with Gasteiger partial charge in [0.2, 0.25) is 0 Å². The fraction of sp³-hybridized carbons (Fsp3) is 0.278. The van der Waals surface area contributed by atoms with Gasteiger partial charge in [0.25, 0.3) is 0 Å². The number of carbonyl (C=O) groups excluding carboxylic acids is 1. The number of hydrogen-bond donors (Lipinski definition) is 0. The van der Waals surface area contributed by atoms with Crippen LogP contribution in [0.4, 0.5) is 0 Å². The van der Waals surface area contributed by atoms with Crippen LogP contribution in [0.2, 0.25) is 0 Å². The zero-order valence-electron chi connectivity index (χ0n) is 12.2. The van der Waals surface area contributed by atoms with Crippen LogP contribution < -0.4 is 4.74 Å².